The first-order valence-electron chi connectivity index (χ1n) is 6.93. The molecule has 0 aromatic heterocycles. The molecule has 1 unspecified atom stereocenters. The zero-order chi connectivity index (χ0) is 14.6. The van der Waals surface area contributed by atoms with E-state index in [2.05, 4.69) is 21.2 Å². The van der Waals surface area contributed by atoms with Gasteiger partial charge in [0, 0.05) is 25.1 Å². The summed E-state index contributed by atoms with van der Waals surface area (Å²) in [5.74, 6) is 0.740. The lowest BCUT2D eigenvalue weighted by molar-refractivity contribution is 0.102. The van der Waals surface area contributed by atoms with Gasteiger partial charge in [0.2, 0.25) is 0 Å². The van der Waals surface area contributed by atoms with Crippen LogP contribution in [0.25, 0.3) is 0 Å². The molecule has 1 aliphatic rings. The van der Waals surface area contributed by atoms with Crippen LogP contribution in [0, 0.1) is 12.3 Å². The normalized spacial score (nSPS) is 17.8. The maximum absolute atomic E-state index is 9.88. The van der Waals surface area contributed by atoms with Crippen molar-refractivity contribution in [3.05, 3.63) is 28.2 Å². The Bertz CT molecular complexity index is 449. The summed E-state index contributed by atoms with van der Waals surface area (Å²) >= 11 is 3.44. The Hall–Kier alpha value is -0.620. The third-order valence-electron chi connectivity index (χ3n) is 3.69. The number of benzene rings is 1. The number of hydrogen-bond donors (Lipinski definition) is 3. The molecular formula is C15H22BrNO3. The lowest BCUT2D eigenvalue weighted by Gasteiger charge is -2.17. The second-order valence-electron chi connectivity index (χ2n) is 5.69. The van der Waals surface area contributed by atoms with Crippen molar-refractivity contribution in [1.29, 1.82) is 0 Å². The van der Waals surface area contributed by atoms with E-state index < -0.39 is 6.10 Å². The van der Waals surface area contributed by atoms with Crippen LogP contribution >= 0.6 is 15.9 Å². The molecule has 112 valence electrons. The summed E-state index contributed by atoms with van der Waals surface area (Å²) in [5, 5.41) is 22.3. The standard InChI is InChI=1S/C15H22BrNO3/c1-11-2-3-14(13(16)6-11)20-8-12(19)7-17-9-15(10-18)4-5-15/h2-3,6,12,17-19H,4-5,7-10H2,1H3. The number of nitrogens with one attached hydrogen (secondary N) is 1. The van der Waals surface area contributed by atoms with E-state index >= 15 is 0 Å². The number of hydrogen-bond acceptors (Lipinski definition) is 4. The molecule has 1 aromatic carbocycles. The van der Waals surface area contributed by atoms with Gasteiger partial charge in [0.25, 0.3) is 0 Å². The van der Waals surface area contributed by atoms with Gasteiger partial charge in [0.15, 0.2) is 0 Å². The van der Waals surface area contributed by atoms with Gasteiger partial charge in [-0.25, -0.2) is 0 Å². The van der Waals surface area contributed by atoms with Gasteiger partial charge in [0.1, 0.15) is 18.5 Å². The maximum Gasteiger partial charge on any atom is 0.133 e. The quantitative estimate of drug-likeness (QED) is 0.674. The summed E-state index contributed by atoms with van der Waals surface area (Å²) in [6.45, 7) is 3.73. The van der Waals surface area contributed by atoms with Gasteiger partial charge >= 0.3 is 0 Å². The Balaban J connectivity index is 1.68. The molecule has 1 saturated carbocycles. The minimum Gasteiger partial charge on any atom is -0.490 e. The molecule has 0 saturated heterocycles. The van der Waals surface area contributed by atoms with Crippen molar-refractivity contribution in [3.63, 3.8) is 0 Å². The molecule has 1 fully saturated rings. The van der Waals surface area contributed by atoms with Crippen LogP contribution in [0.5, 0.6) is 5.75 Å². The van der Waals surface area contributed by atoms with Gasteiger partial charge in [-0.05, 0) is 53.4 Å². The number of rotatable bonds is 8. The van der Waals surface area contributed by atoms with Crippen molar-refractivity contribution in [2.45, 2.75) is 25.9 Å². The van der Waals surface area contributed by atoms with Crippen molar-refractivity contribution in [1.82, 2.24) is 5.32 Å². The second kappa shape index (κ2) is 6.89. The van der Waals surface area contributed by atoms with E-state index in [9.17, 15) is 10.2 Å². The Kier molecular flexibility index (Phi) is 5.43. The van der Waals surface area contributed by atoms with E-state index in [1.807, 2.05) is 25.1 Å². The Labute approximate surface area is 128 Å². The minimum atomic E-state index is -0.558. The van der Waals surface area contributed by atoms with Crippen LogP contribution in [0.3, 0.4) is 0 Å². The predicted molar refractivity (Wildman–Crippen MR) is 82.0 cm³/mol. The first kappa shape index (κ1) is 15.8. The van der Waals surface area contributed by atoms with E-state index in [0.717, 1.165) is 35.2 Å². The molecule has 0 bridgehead atoms. The van der Waals surface area contributed by atoms with Gasteiger partial charge in [-0.2, -0.15) is 0 Å². The summed E-state index contributed by atoms with van der Waals surface area (Å²) in [4.78, 5) is 0. The van der Waals surface area contributed by atoms with Gasteiger partial charge in [-0.3, -0.25) is 0 Å². The molecule has 1 aliphatic carbocycles. The highest BCUT2D eigenvalue weighted by Gasteiger charge is 2.41. The second-order valence-corrected chi connectivity index (χ2v) is 6.54. The van der Waals surface area contributed by atoms with E-state index in [-0.39, 0.29) is 18.6 Å². The van der Waals surface area contributed by atoms with Crippen molar-refractivity contribution in [3.8, 4) is 5.75 Å². The van der Waals surface area contributed by atoms with E-state index in [4.69, 9.17) is 4.74 Å². The number of ether oxygens (including phenoxy) is 1. The summed E-state index contributed by atoms with van der Waals surface area (Å²) in [6.07, 6.45) is 1.58. The molecule has 5 heteroatoms. The molecule has 2 rings (SSSR count). The predicted octanol–water partition coefficient (Wildman–Crippen LogP) is 1.86. The highest BCUT2D eigenvalue weighted by molar-refractivity contribution is 9.10. The lowest BCUT2D eigenvalue weighted by atomic mass is 10.1. The van der Waals surface area contributed by atoms with Crippen molar-refractivity contribution in [2.75, 3.05) is 26.3 Å². The number of aryl methyl sites for hydroxylation is 1. The van der Waals surface area contributed by atoms with Crippen LogP contribution in [0.1, 0.15) is 18.4 Å². The molecule has 4 nitrogen and oxygen atoms in total. The zero-order valence-electron chi connectivity index (χ0n) is 11.7. The van der Waals surface area contributed by atoms with Crippen LogP contribution in [0.2, 0.25) is 0 Å². The largest absolute Gasteiger partial charge is 0.490 e. The van der Waals surface area contributed by atoms with Crippen LogP contribution < -0.4 is 10.1 Å². The third-order valence-corrected chi connectivity index (χ3v) is 4.31. The molecule has 0 spiro atoms. The van der Waals surface area contributed by atoms with Crippen LogP contribution in [-0.2, 0) is 0 Å². The highest BCUT2D eigenvalue weighted by Crippen LogP contribution is 2.44. The maximum atomic E-state index is 9.88. The van der Waals surface area contributed by atoms with Crippen molar-refractivity contribution < 1.29 is 14.9 Å². The molecule has 0 aliphatic heterocycles. The topological polar surface area (TPSA) is 61.7 Å². The van der Waals surface area contributed by atoms with Crippen LogP contribution in [0.15, 0.2) is 22.7 Å². The summed E-state index contributed by atoms with van der Waals surface area (Å²) in [5.41, 5.74) is 1.23. The Morgan fingerprint density at radius 1 is 1.45 bits per heavy atom. The average Bonchev–Trinajstić information content (AvgIpc) is 3.18. The number of aliphatic hydroxyl groups excluding tert-OH is 2. The monoisotopic (exact) mass is 343 g/mol. The summed E-state index contributed by atoms with van der Waals surface area (Å²) in [7, 11) is 0. The van der Waals surface area contributed by atoms with Gasteiger partial charge in [-0.15, -0.1) is 0 Å². The summed E-state index contributed by atoms with van der Waals surface area (Å²) < 4.78 is 6.49. The highest BCUT2D eigenvalue weighted by atomic mass is 79.9. The van der Waals surface area contributed by atoms with Crippen LogP contribution in [-0.4, -0.2) is 42.6 Å². The SMILES string of the molecule is Cc1ccc(OCC(O)CNCC2(CO)CC2)c(Br)c1. The van der Waals surface area contributed by atoms with Crippen molar-refractivity contribution >= 4 is 15.9 Å². The Morgan fingerprint density at radius 2 is 2.20 bits per heavy atom. The lowest BCUT2D eigenvalue weighted by Crippen LogP contribution is -2.35. The fourth-order valence-corrected chi connectivity index (χ4v) is 2.65. The molecule has 1 aromatic rings. The van der Waals surface area contributed by atoms with Gasteiger partial charge < -0.3 is 20.3 Å². The summed E-state index contributed by atoms with van der Waals surface area (Å²) in [6, 6.07) is 5.85. The zero-order valence-corrected chi connectivity index (χ0v) is 13.3. The number of halogens is 1. The van der Waals surface area contributed by atoms with Crippen LogP contribution in [0.4, 0.5) is 0 Å². The molecule has 1 atom stereocenters. The molecular weight excluding hydrogens is 322 g/mol. The first-order chi connectivity index (χ1) is 9.54. The van der Waals surface area contributed by atoms with Crippen molar-refractivity contribution in [2.24, 2.45) is 5.41 Å². The fourth-order valence-electron chi connectivity index (χ4n) is 2.04. The first-order valence-corrected chi connectivity index (χ1v) is 7.73. The molecule has 3 N–H and O–H groups in total. The molecule has 0 amide bonds. The molecule has 0 heterocycles. The minimum absolute atomic E-state index is 0.0700. The fraction of sp³-hybridized carbons (Fsp3) is 0.600. The molecule has 0 radical (unpaired) electrons. The molecule has 20 heavy (non-hydrogen) atoms. The van der Waals surface area contributed by atoms with Gasteiger partial charge in [-0.1, -0.05) is 6.07 Å². The Morgan fingerprint density at radius 3 is 2.80 bits per heavy atom. The van der Waals surface area contributed by atoms with E-state index in [1.54, 1.807) is 0 Å². The smallest absolute Gasteiger partial charge is 0.133 e. The van der Waals surface area contributed by atoms with E-state index in [0.29, 0.717) is 6.54 Å². The average molecular weight is 344 g/mol. The third kappa shape index (κ3) is 4.45. The van der Waals surface area contributed by atoms with Gasteiger partial charge in [0.05, 0.1) is 4.47 Å². The van der Waals surface area contributed by atoms with E-state index in [1.165, 1.54) is 0 Å². The number of aliphatic hydroxyl groups is 2.